The van der Waals surface area contributed by atoms with Crippen LogP contribution >= 0.6 is 0 Å². The fourth-order valence-electron chi connectivity index (χ4n) is 3.42. The first-order valence-corrected chi connectivity index (χ1v) is 10.5. The highest BCUT2D eigenvalue weighted by molar-refractivity contribution is 5.64. The lowest BCUT2D eigenvalue weighted by Gasteiger charge is -2.18. The minimum atomic E-state index is 0.0856. The lowest BCUT2D eigenvalue weighted by atomic mass is 9.87. The molecule has 0 bridgehead atoms. The van der Waals surface area contributed by atoms with E-state index in [9.17, 15) is 5.11 Å². The van der Waals surface area contributed by atoms with Crippen LogP contribution in [0.2, 0.25) is 0 Å². The van der Waals surface area contributed by atoms with Gasteiger partial charge in [-0.15, -0.1) is 20.4 Å². The SMILES string of the molecule is CC(C)(C)c1ccc(-c2nnc(-c3ccc(-c4nnc(-c5cccc(O)c5)o4)cc3)o2)cc1. The van der Waals surface area contributed by atoms with Crippen LogP contribution in [0.15, 0.2) is 81.6 Å². The van der Waals surface area contributed by atoms with E-state index >= 15 is 0 Å². The minimum Gasteiger partial charge on any atom is -0.508 e. The second-order valence-corrected chi connectivity index (χ2v) is 8.78. The summed E-state index contributed by atoms with van der Waals surface area (Å²) in [5, 5.41) is 26.2. The lowest BCUT2D eigenvalue weighted by molar-refractivity contribution is 0.475. The van der Waals surface area contributed by atoms with Crippen LogP contribution in [0.5, 0.6) is 5.75 Å². The molecule has 2 heterocycles. The van der Waals surface area contributed by atoms with Gasteiger partial charge in [-0.05, 0) is 65.6 Å². The summed E-state index contributed by atoms with van der Waals surface area (Å²) in [6.45, 7) is 6.54. The Morgan fingerprint density at radius 3 is 1.42 bits per heavy atom. The summed E-state index contributed by atoms with van der Waals surface area (Å²) in [7, 11) is 0. The van der Waals surface area contributed by atoms with Gasteiger partial charge in [0.1, 0.15) is 5.75 Å². The zero-order valence-electron chi connectivity index (χ0n) is 18.5. The second kappa shape index (κ2) is 8.02. The minimum absolute atomic E-state index is 0.0856. The Balaban J connectivity index is 1.35. The molecule has 0 unspecified atom stereocenters. The molecule has 0 aliphatic carbocycles. The molecule has 0 fully saturated rings. The van der Waals surface area contributed by atoms with Gasteiger partial charge in [0.2, 0.25) is 23.6 Å². The van der Waals surface area contributed by atoms with Gasteiger partial charge < -0.3 is 13.9 Å². The van der Waals surface area contributed by atoms with Crippen molar-refractivity contribution in [2.45, 2.75) is 26.2 Å². The van der Waals surface area contributed by atoms with Gasteiger partial charge in [0.15, 0.2) is 0 Å². The summed E-state index contributed by atoms with van der Waals surface area (Å²) >= 11 is 0. The number of hydrogen-bond donors (Lipinski definition) is 1. The van der Waals surface area contributed by atoms with E-state index in [-0.39, 0.29) is 11.2 Å². The molecule has 33 heavy (non-hydrogen) atoms. The van der Waals surface area contributed by atoms with Gasteiger partial charge in [0.05, 0.1) is 0 Å². The molecule has 5 aromatic rings. The molecule has 0 amide bonds. The van der Waals surface area contributed by atoms with Crippen LogP contribution in [-0.2, 0) is 5.41 Å². The highest BCUT2D eigenvalue weighted by Gasteiger charge is 2.16. The largest absolute Gasteiger partial charge is 0.508 e. The summed E-state index contributed by atoms with van der Waals surface area (Å²) < 4.78 is 11.7. The van der Waals surface area contributed by atoms with E-state index in [1.54, 1.807) is 24.3 Å². The van der Waals surface area contributed by atoms with Gasteiger partial charge in [-0.25, -0.2) is 0 Å². The Hall–Kier alpha value is -4.26. The van der Waals surface area contributed by atoms with Gasteiger partial charge in [-0.2, -0.15) is 0 Å². The van der Waals surface area contributed by atoms with Crippen LogP contribution in [0.1, 0.15) is 26.3 Å². The molecular weight excluding hydrogens is 416 g/mol. The smallest absolute Gasteiger partial charge is 0.248 e. The van der Waals surface area contributed by atoms with Gasteiger partial charge in [-0.1, -0.05) is 39.0 Å². The molecule has 0 atom stereocenters. The fourth-order valence-corrected chi connectivity index (χ4v) is 3.42. The maximum Gasteiger partial charge on any atom is 0.248 e. The van der Waals surface area contributed by atoms with Crippen molar-refractivity contribution < 1.29 is 13.9 Å². The van der Waals surface area contributed by atoms with E-state index in [0.29, 0.717) is 29.1 Å². The quantitative estimate of drug-likeness (QED) is 0.361. The van der Waals surface area contributed by atoms with E-state index in [1.807, 2.05) is 36.4 Å². The second-order valence-electron chi connectivity index (χ2n) is 8.78. The predicted octanol–water partition coefficient (Wildman–Crippen LogP) is 6.12. The molecular formula is C26H22N4O3. The zero-order valence-corrected chi connectivity index (χ0v) is 18.5. The summed E-state index contributed by atoms with van der Waals surface area (Å²) in [6.07, 6.45) is 0. The Kier molecular flexibility index (Phi) is 5.01. The molecule has 3 aromatic carbocycles. The Morgan fingerprint density at radius 2 is 1.00 bits per heavy atom. The highest BCUT2D eigenvalue weighted by atomic mass is 16.4. The average Bonchev–Trinajstić information content (AvgIpc) is 3.49. The highest BCUT2D eigenvalue weighted by Crippen LogP contribution is 2.30. The summed E-state index contributed by atoms with van der Waals surface area (Å²) in [5.41, 5.74) is 4.41. The van der Waals surface area contributed by atoms with Crippen molar-refractivity contribution in [3.05, 3.63) is 78.4 Å². The van der Waals surface area contributed by atoms with Crippen LogP contribution in [0.25, 0.3) is 45.8 Å². The summed E-state index contributed by atoms with van der Waals surface area (Å²) in [6, 6.07) is 22.3. The van der Waals surface area contributed by atoms with Crippen molar-refractivity contribution in [2.24, 2.45) is 0 Å². The van der Waals surface area contributed by atoms with Crippen LogP contribution in [-0.4, -0.2) is 25.5 Å². The monoisotopic (exact) mass is 438 g/mol. The molecule has 0 aliphatic heterocycles. The van der Waals surface area contributed by atoms with Crippen molar-refractivity contribution in [3.63, 3.8) is 0 Å². The third kappa shape index (κ3) is 4.25. The van der Waals surface area contributed by atoms with Crippen molar-refractivity contribution >= 4 is 0 Å². The lowest BCUT2D eigenvalue weighted by Crippen LogP contribution is -2.10. The van der Waals surface area contributed by atoms with Crippen molar-refractivity contribution in [3.8, 4) is 51.6 Å². The number of benzene rings is 3. The maximum absolute atomic E-state index is 9.65. The normalized spacial score (nSPS) is 11.6. The third-order valence-electron chi connectivity index (χ3n) is 5.32. The summed E-state index contributed by atoms with van der Waals surface area (Å²) in [5.74, 6) is 1.76. The molecule has 0 radical (unpaired) electrons. The number of aromatic hydroxyl groups is 1. The molecule has 0 saturated carbocycles. The topological polar surface area (TPSA) is 98.1 Å². The predicted molar refractivity (Wildman–Crippen MR) is 124 cm³/mol. The number of aromatic nitrogens is 4. The summed E-state index contributed by atoms with van der Waals surface area (Å²) in [4.78, 5) is 0. The number of rotatable bonds is 4. The molecule has 0 saturated heterocycles. The Morgan fingerprint density at radius 1 is 0.576 bits per heavy atom. The van der Waals surface area contributed by atoms with Crippen LogP contribution < -0.4 is 0 Å². The van der Waals surface area contributed by atoms with Crippen molar-refractivity contribution in [2.75, 3.05) is 0 Å². The molecule has 164 valence electrons. The molecule has 7 heteroatoms. The van der Waals surface area contributed by atoms with Crippen LogP contribution in [0, 0.1) is 0 Å². The fraction of sp³-hybridized carbons (Fsp3) is 0.154. The number of phenolic OH excluding ortho intramolecular Hbond substituents is 1. The molecule has 7 nitrogen and oxygen atoms in total. The Bertz CT molecular complexity index is 1390. The first-order chi connectivity index (χ1) is 15.9. The zero-order chi connectivity index (χ0) is 23.0. The van der Waals surface area contributed by atoms with Gasteiger partial charge >= 0.3 is 0 Å². The number of phenols is 1. The van der Waals surface area contributed by atoms with E-state index < -0.39 is 0 Å². The third-order valence-corrected chi connectivity index (χ3v) is 5.32. The van der Waals surface area contributed by atoms with E-state index in [2.05, 4.69) is 53.3 Å². The molecule has 5 rings (SSSR count). The van der Waals surface area contributed by atoms with Gasteiger partial charge in [0.25, 0.3) is 0 Å². The van der Waals surface area contributed by atoms with Gasteiger partial charge in [-0.3, -0.25) is 0 Å². The number of hydrogen-bond acceptors (Lipinski definition) is 7. The van der Waals surface area contributed by atoms with Crippen molar-refractivity contribution in [1.29, 1.82) is 0 Å². The molecule has 2 aromatic heterocycles. The van der Waals surface area contributed by atoms with E-state index in [1.165, 1.54) is 5.56 Å². The van der Waals surface area contributed by atoms with Crippen LogP contribution in [0.3, 0.4) is 0 Å². The first kappa shape index (κ1) is 20.6. The Labute approximate surface area is 190 Å². The standard InChI is InChI=1S/C26H22N4O3/c1-26(2,3)20-13-11-18(12-14-20)24-28-27-22(32-24)16-7-9-17(10-8-16)23-29-30-25(33-23)19-5-4-6-21(31)15-19/h4-15,31H,1-3H3. The average molecular weight is 438 g/mol. The molecule has 1 N–H and O–H groups in total. The van der Waals surface area contributed by atoms with Crippen molar-refractivity contribution in [1.82, 2.24) is 20.4 Å². The maximum atomic E-state index is 9.65. The first-order valence-electron chi connectivity index (χ1n) is 10.5. The molecule has 0 aliphatic rings. The van der Waals surface area contributed by atoms with E-state index in [0.717, 1.165) is 16.7 Å². The van der Waals surface area contributed by atoms with Crippen LogP contribution in [0.4, 0.5) is 0 Å². The van der Waals surface area contributed by atoms with Gasteiger partial charge in [0, 0.05) is 22.3 Å². The van der Waals surface area contributed by atoms with E-state index in [4.69, 9.17) is 8.83 Å². The number of nitrogens with zero attached hydrogens (tertiary/aromatic N) is 4. The molecule has 0 spiro atoms.